The minimum Gasteiger partial charge on any atom is -0.395 e. The zero-order valence-electron chi connectivity index (χ0n) is 8.37. The van der Waals surface area contributed by atoms with Gasteiger partial charge in [-0.15, -0.1) is 0 Å². The van der Waals surface area contributed by atoms with Crippen molar-refractivity contribution in [2.75, 3.05) is 13.2 Å². The molecule has 0 fully saturated rings. The van der Waals surface area contributed by atoms with Crippen LogP contribution in [0.3, 0.4) is 0 Å². The zero-order chi connectivity index (χ0) is 12.0. The van der Waals surface area contributed by atoms with E-state index in [0.29, 0.717) is 0 Å². The van der Waals surface area contributed by atoms with Crippen LogP contribution in [0.1, 0.15) is 6.42 Å². The molecular formula is C7H11N5O4. The van der Waals surface area contributed by atoms with E-state index in [4.69, 9.17) is 5.11 Å². The number of hydrogen-bond acceptors (Lipinski definition) is 6. The number of rotatable bonds is 6. The number of nitro groups is 1. The number of carbonyl (C=O) groups is 1. The van der Waals surface area contributed by atoms with Crippen LogP contribution in [0.25, 0.3) is 0 Å². The topological polar surface area (TPSA) is 123 Å². The largest absolute Gasteiger partial charge is 0.490 e. The first-order valence-corrected chi connectivity index (χ1v) is 4.55. The van der Waals surface area contributed by atoms with Crippen LogP contribution in [-0.4, -0.2) is 43.9 Å². The summed E-state index contributed by atoms with van der Waals surface area (Å²) in [7, 11) is 0. The van der Waals surface area contributed by atoms with Crippen molar-refractivity contribution in [1.82, 2.24) is 20.1 Å². The smallest absolute Gasteiger partial charge is 0.395 e. The fraction of sp³-hybridized carbons (Fsp3) is 0.571. The molecule has 0 aliphatic heterocycles. The Morgan fingerprint density at radius 3 is 3.00 bits per heavy atom. The molecule has 0 saturated heterocycles. The molecule has 16 heavy (non-hydrogen) atoms. The highest BCUT2D eigenvalue weighted by molar-refractivity contribution is 5.75. The minimum absolute atomic E-state index is 0.124. The number of aromatic nitrogens is 3. The van der Waals surface area contributed by atoms with Crippen molar-refractivity contribution in [3.63, 3.8) is 0 Å². The minimum atomic E-state index is -0.706. The van der Waals surface area contributed by atoms with Gasteiger partial charge in [-0.05, 0) is 4.92 Å². The van der Waals surface area contributed by atoms with E-state index in [9.17, 15) is 14.9 Å². The summed E-state index contributed by atoms with van der Waals surface area (Å²) in [5.41, 5.74) is 0. The highest BCUT2D eigenvalue weighted by Crippen LogP contribution is 2.00. The van der Waals surface area contributed by atoms with Crippen LogP contribution in [0.4, 0.5) is 5.95 Å². The van der Waals surface area contributed by atoms with Gasteiger partial charge in [0.05, 0.1) is 13.2 Å². The monoisotopic (exact) mass is 229 g/mol. The van der Waals surface area contributed by atoms with Crippen molar-refractivity contribution >= 4 is 11.9 Å². The lowest BCUT2D eigenvalue weighted by Crippen LogP contribution is -2.27. The Labute approximate surface area is 90.2 Å². The van der Waals surface area contributed by atoms with Gasteiger partial charge in [0.1, 0.15) is 0 Å². The third kappa shape index (κ3) is 3.61. The zero-order valence-corrected chi connectivity index (χ0v) is 8.37. The normalized spacial score (nSPS) is 10.1. The van der Waals surface area contributed by atoms with Crippen LogP contribution >= 0.6 is 0 Å². The number of aliphatic hydroxyl groups is 1. The third-order valence-corrected chi connectivity index (χ3v) is 1.69. The maximum Gasteiger partial charge on any atom is 0.490 e. The molecule has 0 atom stereocenters. The predicted molar refractivity (Wildman–Crippen MR) is 51.4 cm³/mol. The molecule has 0 bridgehead atoms. The van der Waals surface area contributed by atoms with Crippen molar-refractivity contribution in [1.29, 1.82) is 0 Å². The molecule has 2 N–H and O–H groups in total. The van der Waals surface area contributed by atoms with Gasteiger partial charge in [0.2, 0.25) is 12.2 Å². The Morgan fingerprint density at radius 1 is 1.69 bits per heavy atom. The molecule has 9 heteroatoms. The molecule has 0 aliphatic carbocycles. The van der Waals surface area contributed by atoms with Crippen molar-refractivity contribution in [2.24, 2.45) is 0 Å². The molecule has 9 nitrogen and oxygen atoms in total. The Morgan fingerprint density at radius 2 is 2.44 bits per heavy atom. The summed E-state index contributed by atoms with van der Waals surface area (Å²) in [5.74, 6) is -0.747. The number of hydrogen-bond donors (Lipinski definition) is 2. The molecule has 88 valence electrons. The van der Waals surface area contributed by atoms with Crippen LogP contribution in [0.15, 0.2) is 6.33 Å². The average Bonchev–Trinajstić information content (AvgIpc) is 2.72. The van der Waals surface area contributed by atoms with Crippen molar-refractivity contribution in [3.05, 3.63) is 16.4 Å². The third-order valence-electron chi connectivity index (χ3n) is 1.69. The van der Waals surface area contributed by atoms with Gasteiger partial charge in [-0.1, -0.05) is 4.98 Å². The highest BCUT2D eigenvalue weighted by Gasteiger charge is 2.13. The summed E-state index contributed by atoms with van der Waals surface area (Å²) in [5, 5.41) is 24.7. The summed E-state index contributed by atoms with van der Waals surface area (Å²) < 4.78 is 1.22. The first-order valence-electron chi connectivity index (χ1n) is 4.55. The van der Waals surface area contributed by atoms with E-state index in [0.717, 1.165) is 0 Å². The highest BCUT2D eigenvalue weighted by atomic mass is 16.6. The molecule has 1 aromatic heterocycles. The van der Waals surface area contributed by atoms with Gasteiger partial charge in [0, 0.05) is 18.1 Å². The van der Waals surface area contributed by atoms with Crippen LogP contribution in [0, 0.1) is 10.1 Å². The molecule has 0 radical (unpaired) electrons. The second kappa shape index (κ2) is 5.75. The number of aliphatic hydroxyl groups excluding tert-OH is 1. The number of nitrogens with one attached hydrogen (secondary N) is 1. The molecule has 0 spiro atoms. The summed E-state index contributed by atoms with van der Waals surface area (Å²) in [6.45, 7) is 0.273. The average molecular weight is 229 g/mol. The van der Waals surface area contributed by atoms with E-state index in [1.54, 1.807) is 0 Å². The van der Waals surface area contributed by atoms with E-state index in [-0.39, 0.29) is 32.0 Å². The number of aryl methyl sites for hydroxylation is 1. The summed E-state index contributed by atoms with van der Waals surface area (Å²) in [6, 6.07) is 0. The lowest BCUT2D eigenvalue weighted by molar-refractivity contribution is -0.394. The molecule has 1 aromatic rings. The van der Waals surface area contributed by atoms with Crippen LogP contribution in [-0.2, 0) is 11.3 Å². The number of amides is 1. The Hall–Kier alpha value is -2.03. The first-order chi connectivity index (χ1) is 7.63. The van der Waals surface area contributed by atoms with Crippen LogP contribution < -0.4 is 5.32 Å². The first kappa shape index (κ1) is 12.0. The molecule has 0 aromatic carbocycles. The van der Waals surface area contributed by atoms with Crippen molar-refractivity contribution in [2.45, 2.75) is 13.0 Å². The lowest BCUT2D eigenvalue weighted by Gasteiger charge is -2.00. The standard InChI is InChI=1S/C7H11N5O4/c13-4-2-8-6(14)1-3-11-5-9-7(10-11)12(15)16/h5,13H,1-4H2,(H,8,14). The van der Waals surface area contributed by atoms with E-state index in [1.165, 1.54) is 11.0 Å². The molecular weight excluding hydrogens is 218 g/mol. The van der Waals surface area contributed by atoms with Gasteiger partial charge in [-0.2, -0.15) is 4.68 Å². The molecule has 1 heterocycles. The van der Waals surface area contributed by atoms with Gasteiger partial charge >= 0.3 is 5.95 Å². The fourth-order valence-corrected chi connectivity index (χ4v) is 0.976. The Balaban J connectivity index is 2.36. The molecule has 1 rings (SSSR count). The predicted octanol–water partition coefficient (Wildman–Crippen LogP) is -1.32. The number of carbonyl (C=O) groups excluding carboxylic acids is 1. The molecule has 0 saturated carbocycles. The molecule has 1 amide bonds. The van der Waals surface area contributed by atoms with E-state index in [1.807, 2.05) is 0 Å². The van der Waals surface area contributed by atoms with Gasteiger partial charge < -0.3 is 20.5 Å². The summed E-state index contributed by atoms with van der Waals surface area (Å²) >= 11 is 0. The second-order valence-electron chi connectivity index (χ2n) is 2.89. The van der Waals surface area contributed by atoms with E-state index < -0.39 is 10.9 Å². The maximum atomic E-state index is 11.1. The maximum absolute atomic E-state index is 11.1. The van der Waals surface area contributed by atoms with Gasteiger partial charge in [-0.3, -0.25) is 4.79 Å². The fourth-order valence-electron chi connectivity index (χ4n) is 0.976. The Bertz CT molecular complexity index is 377. The summed E-state index contributed by atoms with van der Waals surface area (Å²) in [6.07, 6.45) is 1.32. The van der Waals surface area contributed by atoms with E-state index >= 15 is 0 Å². The van der Waals surface area contributed by atoms with Gasteiger partial charge in [0.15, 0.2) is 0 Å². The van der Waals surface area contributed by atoms with E-state index in [2.05, 4.69) is 15.4 Å². The van der Waals surface area contributed by atoms with Gasteiger partial charge in [0.25, 0.3) is 0 Å². The van der Waals surface area contributed by atoms with Crippen LogP contribution in [0.5, 0.6) is 0 Å². The summed E-state index contributed by atoms with van der Waals surface area (Å²) in [4.78, 5) is 24.1. The molecule has 0 aliphatic rings. The van der Waals surface area contributed by atoms with Crippen LogP contribution in [0.2, 0.25) is 0 Å². The lowest BCUT2D eigenvalue weighted by atomic mass is 10.4. The number of nitrogens with zero attached hydrogens (tertiary/aromatic N) is 4. The second-order valence-corrected chi connectivity index (χ2v) is 2.89. The quantitative estimate of drug-likeness (QED) is 0.461. The Kier molecular flexibility index (Phi) is 4.33. The molecule has 0 unspecified atom stereocenters. The van der Waals surface area contributed by atoms with Crippen molar-refractivity contribution < 1.29 is 14.8 Å². The van der Waals surface area contributed by atoms with Crippen molar-refractivity contribution in [3.8, 4) is 0 Å². The SMILES string of the molecule is O=C(CCn1cnc([N+](=O)[O-])n1)NCCO. The van der Waals surface area contributed by atoms with Gasteiger partial charge in [-0.25, -0.2) is 0 Å².